The molecule has 1 saturated heterocycles. The highest BCUT2D eigenvalue weighted by molar-refractivity contribution is 7.10. The maximum Gasteiger partial charge on any atom is 0.234 e. The molecule has 1 fully saturated rings. The number of hydrogen-bond acceptors (Lipinski definition) is 4. The molecule has 2 heterocycles. The molecule has 16 heavy (non-hydrogen) atoms. The van der Waals surface area contributed by atoms with Gasteiger partial charge in [0, 0.05) is 18.0 Å². The van der Waals surface area contributed by atoms with Gasteiger partial charge in [0.15, 0.2) is 0 Å². The van der Waals surface area contributed by atoms with Gasteiger partial charge in [-0.1, -0.05) is 6.07 Å². The van der Waals surface area contributed by atoms with Gasteiger partial charge in [0.05, 0.1) is 18.7 Å². The van der Waals surface area contributed by atoms with Gasteiger partial charge in [0.1, 0.15) is 0 Å². The van der Waals surface area contributed by atoms with Crippen LogP contribution in [0.15, 0.2) is 17.5 Å². The summed E-state index contributed by atoms with van der Waals surface area (Å²) in [4.78, 5) is 14.7. The summed E-state index contributed by atoms with van der Waals surface area (Å²) < 4.78 is 0. The Morgan fingerprint density at radius 1 is 1.75 bits per heavy atom. The maximum absolute atomic E-state index is 11.6. The third-order valence-electron chi connectivity index (χ3n) is 2.65. The van der Waals surface area contributed by atoms with Crippen LogP contribution in [0.3, 0.4) is 0 Å². The summed E-state index contributed by atoms with van der Waals surface area (Å²) in [7, 11) is 0. The molecule has 1 amide bonds. The molecule has 88 valence electrons. The smallest absolute Gasteiger partial charge is 0.234 e. The number of amides is 1. The molecule has 1 unspecified atom stereocenters. The molecule has 2 rings (SSSR count). The van der Waals surface area contributed by atoms with Gasteiger partial charge in [-0.05, 0) is 18.4 Å². The van der Waals surface area contributed by atoms with Crippen molar-refractivity contribution in [2.75, 3.05) is 19.6 Å². The van der Waals surface area contributed by atoms with Crippen molar-refractivity contribution in [3.63, 3.8) is 0 Å². The first-order valence-electron chi connectivity index (χ1n) is 5.38. The molecule has 1 aromatic rings. The van der Waals surface area contributed by atoms with Crippen molar-refractivity contribution in [3.8, 4) is 0 Å². The number of likely N-dealkylation sites (tertiary alicyclic amines) is 1. The molecular formula is C11H16N2O2S. The molecule has 4 nitrogen and oxygen atoms in total. The minimum Gasteiger partial charge on any atom is -0.390 e. The van der Waals surface area contributed by atoms with E-state index in [4.69, 9.17) is 5.11 Å². The second-order valence-electron chi connectivity index (χ2n) is 4.15. The van der Waals surface area contributed by atoms with Crippen LogP contribution in [0.25, 0.3) is 0 Å². The van der Waals surface area contributed by atoms with Crippen LogP contribution in [-0.2, 0) is 4.79 Å². The van der Waals surface area contributed by atoms with Crippen molar-refractivity contribution in [3.05, 3.63) is 22.4 Å². The number of β-amino-alcohol motifs (C(OH)–C–C–N with tert-alkyl or cyclic N) is 1. The number of rotatable bonds is 4. The van der Waals surface area contributed by atoms with Gasteiger partial charge in [-0.15, -0.1) is 11.3 Å². The van der Waals surface area contributed by atoms with Crippen LogP contribution in [0, 0.1) is 0 Å². The van der Waals surface area contributed by atoms with Crippen LogP contribution in [0.4, 0.5) is 0 Å². The Hall–Kier alpha value is -0.910. The predicted molar refractivity (Wildman–Crippen MR) is 63.3 cm³/mol. The highest BCUT2D eigenvalue weighted by Crippen LogP contribution is 2.18. The molecule has 0 saturated carbocycles. The average Bonchev–Trinajstić information content (AvgIpc) is 2.67. The largest absolute Gasteiger partial charge is 0.390 e. The molecule has 1 aromatic heterocycles. The highest BCUT2D eigenvalue weighted by Gasteiger charge is 2.26. The Bertz CT molecular complexity index is 347. The summed E-state index contributed by atoms with van der Waals surface area (Å²) in [5.74, 6) is 0.0211. The minimum absolute atomic E-state index is 0.0211. The van der Waals surface area contributed by atoms with Crippen molar-refractivity contribution < 1.29 is 9.90 Å². The fraction of sp³-hybridized carbons (Fsp3) is 0.545. The molecule has 2 N–H and O–H groups in total. The number of aliphatic hydroxyl groups excluding tert-OH is 1. The van der Waals surface area contributed by atoms with Gasteiger partial charge in [0.2, 0.25) is 5.91 Å². The number of carbonyl (C=O) groups excluding carboxylic acids is 1. The van der Waals surface area contributed by atoms with E-state index in [9.17, 15) is 4.79 Å². The third-order valence-corrected chi connectivity index (χ3v) is 3.71. The van der Waals surface area contributed by atoms with Crippen LogP contribution >= 0.6 is 11.3 Å². The Morgan fingerprint density at radius 2 is 2.50 bits per heavy atom. The van der Waals surface area contributed by atoms with Gasteiger partial charge < -0.3 is 10.4 Å². The first-order chi connectivity index (χ1) is 7.65. The lowest BCUT2D eigenvalue weighted by atomic mass is 10.2. The van der Waals surface area contributed by atoms with Gasteiger partial charge in [-0.25, -0.2) is 0 Å². The summed E-state index contributed by atoms with van der Waals surface area (Å²) in [6.07, 6.45) is -0.248. The highest BCUT2D eigenvalue weighted by atomic mass is 32.1. The van der Waals surface area contributed by atoms with Crippen molar-refractivity contribution >= 4 is 17.2 Å². The Balaban J connectivity index is 1.75. The zero-order valence-corrected chi connectivity index (χ0v) is 10.0. The summed E-state index contributed by atoms with van der Waals surface area (Å²) in [5, 5.41) is 14.0. The van der Waals surface area contributed by atoms with Crippen LogP contribution < -0.4 is 5.32 Å². The number of nitrogens with zero attached hydrogens (tertiary/aromatic N) is 1. The third kappa shape index (κ3) is 2.81. The Morgan fingerprint density at radius 3 is 3.06 bits per heavy atom. The molecule has 0 spiro atoms. The molecule has 1 atom stereocenters. The van der Waals surface area contributed by atoms with E-state index in [0.29, 0.717) is 19.6 Å². The van der Waals surface area contributed by atoms with Gasteiger partial charge in [0.25, 0.3) is 0 Å². The maximum atomic E-state index is 11.6. The monoisotopic (exact) mass is 240 g/mol. The lowest BCUT2D eigenvalue weighted by molar-refractivity contribution is -0.125. The SMILES string of the molecule is CC(NC(=O)CN1CC(O)C1)c1cccs1. The summed E-state index contributed by atoms with van der Waals surface area (Å²) in [6, 6.07) is 4.07. The van der Waals surface area contributed by atoms with Crippen molar-refractivity contribution in [1.29, 1.82) is 0 Å². The van der Waals surface area contributed by atoms with E-state index < -0.39 is 0 Å². The second-order valence-corrected chi connectivity index (χ2v) is 5.13. The van der Waals surface area contributed by atoms with E-state index in [2.05, 4.69) is 5.32 Å². The molecule has 0 aliphatic carbocycles. The van der Waals surface area contributed by atoms with E-state index in [-0.39, 0.29) is 18.1 Å². The van der Waals surface area contributed by atoms with E-state index in [1.54, 1.807) is 11.3 Å². The van der Waals surface area contributed by atoms with E-state index in [1.165, 1.54) is 0 Å². The van der Waals surface area contributed by atoms with Gasteiger partial charge >= 0.3 is 0 Å². The quantitative estimate of drug-likeness (QED) is 0.810. The van der Waals surface area contributed by atoms with Crippen LogP contribution in [-0.4, -0.2) is 41.7 Å². The first kappa shape index (κ1) is 11.6. The minimum atomic E-state index is -0.248. The summed E-state index contributed by atoms with van der Waals surface area (Å²) in [5.41, 5.74) is 0. The average molecular weight is 240 g/mol. The topological polar surface area (TPSA) is 52.6 Å². The van der Waals surface area contributed by atoms with E-state index in [0.717, 1.165) is 4.88 Å². The molecule has 0 bridgehead atoms. The number of nitrogens with one attached hydrogen (secondary N) is 1. The fourth-order valence-corrected chi connectivity index (χ4v) is 2.51. The van der Waals surface area contributed by atoms with Crippen LogP contribution in [0.1, 0.15) is 17.8 Å². The lowest BCUT2D eigenvalue weighted by Gasteiger charge is -2.35. The molecular weight excluding hydrogens is 224 g/mol. The van der Waals surface area contributed by atoms with E-state index in [1.807, 2.05) is 29.3 Å². The molecule has 1 aliphatic heterocycles. The zero-order chi connectivity index (χ0) is 11.5. The number of carbonyl (C=O) groups is 1. The Labute approximate surface area is 98.9 Å². The molecule has 1 aliphatic rings. The number of thiophene rings is 1. The van der Waals surface area contributed by atoms with Crippen LogP contribution in [0.5, 0.6) is 0 Å². The van der Waals surface area contributed by atoms with Crippen molar-refractivity contribution in [2.45, 2.75) is 19.1 Å². The number of aliphatic hydroxyl groups is 1. The number of hydrogen-bond donors (Lipinski definition) is 2. The summed E-state index contributed by atoms with van der Waals surface area (Å²) in [6.45, 7) is 3.59. The summed E-state index contributed by atoms with van der Waals surface area (Å²) >= 11 is 1.64. The van der Waals surface area contributed by atoms with Crippen LogP contribution in [0.2, 0.25) is 0 Å². The Kier molecular flexibility index (Phi) is 3.58. The molecule has 5 heteroatoms. The second kappa shape index (κ2) is 4.95. The van der Waals surface area contributed by atoms with Gasteiger partial charge in [-0.2, -0.15) is 0 Å². The first-order valence-corrected chi connectivity index (χ1v) is 6.26. The lowest BCUT2D eigenvalue weighted by Crippen LogP contribution is -2.54. The predicted octanol–water partition coefficient (Wildman–Crippen LogP) is 0.602. The standard InChI is InChI=1S/C11H16N2O2S/c1-8(10-3-2-4-16-10)12-11(15)7-13-5-9(14)6-13/h2-4,8-9,14H,5-7H2,1H3,(H,12,15). The van der Waals surface area contributed by atoms with Crippen molar-refractivity contribution in [2.24, 2.45) is 0 Å². The fourth-order valence-electron chi connectivity index (χ4n) is 1.77. The normalized spacial score (nSPS) is 19.1. The molecule has 0 radical (unpaired) electrons. The zero-order valence-electron chi connectivity index (χ0n) is 9.22. The van der Waals surface area contributed by atoms with Crippen molar-refractivity contribution in [1.82, 2.24) is 10.2 Å². The molecule has 0 aromatic carbocycles. The van der Waals surface area contributed by atoms with E-state index >= 15 is 0 Å². The van der Waals surface area contributed by atoms with Gasteiger partial charge in [-0.3, -0.25) is 9.69 Å².